The summed E-state index contributed by atoms with van der Waals surface area (Å²) >= 11 is 0. The number of carbonyl (C=O) groups excluding carboxylic acids is 1. The number of carbonyl (C=O) groups is 1. The van der Waals surface area contributed by atoms with Gasteiger partial charge in [-0.15, -0.1) is 0 Å². The normalized spacial score (nSPS) is 19.8. The van der Waals surface area contributed by atoms with E-state index in [4.69, 9.17) is 25.5 Å². The first kappa shape index (κ1) is 16.7. The van der Waals surface area contributed by atoms with Crippen LogP contribution >= 0.6 is 0 Å². The second-order valence-electron chi connectivity index (χ2n) is 3.41. The fourth-order valence-electron chi connectivity index (χ4n) is 0.948. The Morgan fingerprint density at radius 2 is 1.94 bits per heavy atom. The van der Waals surface area contributed by atoms with Crippen molar-refractivity contribution in [1.82, 2.24) is 5.32 Å². The summed E-state index contributed by atoms with van der Waals surface area (Å²) in [7, 11) is 0. The van der Waals surface area contributed by atoms with Crippen LogP contribution in [0, 0.1) is 0 Å². The van der Waals surface area contributed by atoms with Crippen molar-refractivity contribution in [3.05, 3.63) is 12.3 Å². The zero-order chi connectivity index (χ0) is 14.0. The lowest BCUT2D eigenvalue weighted by atomic mass is 10.0. The lowest BCUT2D eigenvalue weighted by molar-refractivity contribution is -0.136. The number of aliphatic hydroxyl groups is 5. The van der Waals surface area contributed by atoms with Crippen molar-refractivity contribution >= 4 is 12.5 Å². The highest BCUT2D eigenvalue weighted by Gasteiger charge is 2.29. The first-order chi connectivity index (χ1) is 8.54. The first-order valence-electron chi connectivity index (χ1n) is 5.21. The Kier molecular flexibility index (Phi) is 8.97. The van der Waals surface area contributed by atoms with E-state index >= 15 is 0 Å². The second-order valence-corrected chi connectivity index (χ2v) is 3.41. The van der Waals surface area contributed by atoms with Crippen LogP contribution in [-0.2, 0) is 4.79 Å². The summed E-state index contributed by atoms with van der Waals surface area (Å²) in [6, 6.07) is 0. The van der Waals surface area contributed by atoms with Gasteiger partial charge in [-0.3, -0.25) is 4.99 Å². The summed E-state index contributed by atoms with van der Waals surface area (Å²) in [5, 5.41) is 46.4. The number of hydrogen-bond donors (Lipinski definition) is 6. The molecule has 1 aliphatic rings. The van der Waals surface area contributed by atoms with Gasteiger partial charge >= 0.3 is 0 Å². The third-order valence-corrected chi connectivity index (χ3v) is 2.01. The summed E-state index contributed by atoms with van der Waals surface area (Å²) in [5.74, 6) is 0. The molecule has 8 heteroatoms. The first-order valence-corrected chi connectivity index (χ1v) is 5.21. The molecule has 0 saturated heterocycles. The van der Waals surface area contributed by atoms with Gasteiger partial charge in [-0.05, 0) is 12.3 Å². The summed E-state index contributed by atoms with van der Waals surface area (Å²) in [5.41, 5.74) is 0. The van der Waals surface area contributed by atoms with Gasteiger partial charge in [0.05, 0.1) is 6.61 Å². The van der Waals surface area contributed by atoms with E-state index in [9.17, 15) is 4.79 Å². The van der Waals surface area contributed by atoms with Crippen LogP contribution in [0.4, 0.5) is 0 Å². The van der Waals surface area contributed by atoms with Crippen LogP contribution in [0.25, 0.3) is 0 Å². The Hall–Kier alpha value is -1.32. The molecular formula is C10H18N2O6. The van der Waals surface area contributed by atoms with Crippen molar-refractivity contribution in [2.75, 3.05) is 13.3 Å². The SMILES string of the molecule is C1=CNCN=C1.O=CC(O)C(O)C(O)C(O)CO. The van der Waals surface area contributed by atoms with Gasteiger partial charge in [0, 0.05) is 6.21 Å². The van der Waals surface area contributed by atoms with Crippen molar-refractivity contribution in [3.63, 3.8) is 0 Å². The second kappa shape index (κ2) is 9.68. The third kappa shape index (κ3) is 6.42. The topological polar surface area (TPSA) is 143 Å². The van der Waals surface area contributed by atoms with E-state index in [0.717, 1.165) is 6.67 Å². The van der Waals surface area contributed by atoms with Gasteiger partial charge in [-0.2, -0.15) is 0 Å². The molecule has 0 fully saturated rings. The number of nitrogens with zero attached hydrogens (tertiary/aromatic N) is 1. The van der Waals surface area contributed by atoms with Crippen LogP contribution in [0.5, 0.6) is 0 Å². The van der Waals surface area contributed by atoms with Gasteiger partial charge < -0.3 is 35.6 Å². The Bertz CT molecular complexity index is 272. The molecule has 6 N–H and O–H groups in total. The number of hydrogen-bond acceptors (Lipinski definition) is 8. The summed E-state index contributed by atoms with van der Waals surface area (Å²) in [6.45, 7) is -0.0275. The Balaban J connectivity index is 0.000000397. The van der Waals surface area contributed by atoms with Crippen LogP contribution in [0.1, 0.15) is 0 Å². The molecule has 0 aromatic heterocycles. The van der Waals surface area contributed by atoms with E-state index in [0.29, 0.717) is 0 Å². The van der Waals surface area contributed by atoms with E-state index in [-0.39, 0.29) is 6.29 Å². The molecule has 0 saturated carbocycles. The standard InChI is InChI=1S/C6H12O6.C4H6N2/c7-1-3(9)5(11)6(12)4(10)2-8;1-2-5-4-6-3-1/h1,3-6,8-12H,2H2;1-3,5H,4H2. The van der Waals surface area contributed by atoms with Crippen molar-refractivity contribution in [2.45, 2.75) is 24.4 Å². The number of rotatable bonds is 5. The van der Waals surface area contributed by atoms with E-state index in [1.54, 1.807) is 6.21 Å². The molecule has 0 spiro atoms. The maximum absolute atomic E-state index is 9.90. The molecule has 18 heavy (non-hydrogen) atoms. The van der Waals surface area contributed by atoms with Gasteiger partial charge in [0.2, 0.25) is 0 Å². The molecule has 8 nitrogen and oxygen atoms in total. The fourth-order valence-corrected chi connectivity index (χ4v) is 0.948. The van der Waals surface area contributed by atoms with Crippen LogP contribution in [0.15, 0.2) is 17.3 Å². The number of aliphatic hydroxyl groups excluding tert-OH is 5. The highest BCUT2D eigenvalue weighted by molar-refractivity contribution is 5.71. The minimum atomic E-state index is -1.79. The molecule has 4 unspecified atom stereocenters. The summed E-state index contributed by atoms with van der Waals surface area (Å²) in [4.78, 5) is 13.8. The molecule has 1 rings (SSSR count). The summed E-state index contributed by atoms with van der Waals surface area (Å²) in [6.07, 6.45) is -1.33. The highest BCUT2D eigenvalue weighted by atomic mass is 16.4. The van der Waals surface area contributed by atoms with Gasteiger partial charge in [-0.25, -0.2) is 0 Å². The largest absolute Gasteiger partial charge is 0.394 e. The predicted molar refractivity (Wildman–Crippen MR) is 62.8 cm³/mol. The molecule has 4 atom stereocenters. The Labute approximate surface area is 104 Å². The highest BCUT2D eigenvalue weighted by Crippen LogP contribution is 2.02. The van der Waals surface area contributed by atoms with Crippen LogP contribution in [-0.4, -0.2) is 75.7 Å². The number of allylic oxidation sites excluding steroid dienone is 1. The van der Waals surface area contributed by atoms with Crippen molar-refractivity contribution in [3.8, 4) is 0 Å². The van der Waals surface area contributed by atoms with Crippen molar-refractivity contribution < 1.29 is 30.3 Å². The van der Waals surface area contributed by atoms with Crippen LogP contribution in [0.3, 0.4) is 0 Å². The minimum absolute atomic E-state index is 0.0258. The molecule has 0 aliphatic carbocycles. The lowest BCUT2D eigenvalue weighted by Gasteiger charge is -2.22. The smallest absolute Gasteiger partial charge is 0.151 e. The molecular weight excluding hydrogens is 244 g/mol. The van der Waals surface area contributed by atoms with E-state index in [2.05, 4.69) is 10.3 Å². The van der Waals surface area contributed by atoms with Gasteiger partial charge in [0.15, 0.2) is 6.29 Å². The predicted octanol–water partition coefficient (Wildman–Crippen LogP) is -3.25. The minimum Gasteiger partial charge on any atom is -0.394 e. The van der Waals surface area contributed by atoms with Gasteiger partial charge in [0.1, 0.15) is 31.1 Å². The zero-order valence-electron chi connectivity index (χ0n) is 9.62. The maximum Gasteiger partial charge on any atom is 0.151 e. The van der Waals surface area contributed by atoms with Crippen molar-refractivity contribution in [2.24, 2.45) is 4.99 Å². The molecule has 104 valence electrons. The number of aliphatic imine (C=N–C) groups is 1. The van der Waals surface area contributed by atoms with Crippen molar-refractivity contribution in [1.29, 1.82) is 0 Å². The maximum atomic E-state index is 9.90. The van der Waals surface area contributed by atoms with Crippen LogP contribution < -0.4 is 5.32 Å². The van der Waals surface area contributed by atoms with E-state index in [1.807, 2.05) is 12.3 Å². The molecule has 0 aromatic carbocycles. The molecule has 0 radical (unpaired) electrons. The third-order valence-electron chi connectivity index (χ3n) is 2.01. The van der Waals surface area contributed by atoms with Gasteiger partial charge in [0.25, 0.3) is 0 Å². The molecule has 0 aromatic rings. The average molecular weight is 262 g/mol. The molecule has 0 amide bonds. The molecule has 1 aliphatic heterocycles. The summed E-state index contributed by atoms with van der Waals surface area (Å²) < 4.78 is 0. The number of aldehydes is 1. The van der Waals surface area contributed by atoms with Crippen LogP contribution in [0.2, 0.25) is 0 Å². The molecule has 0 bridgehead atoms. The molecule has 1 heterocycles. The number of nitrogens with one attached hydrogen (secondary N) is 1. The Morgan fingerprint density at radius 1 is 1.28 bits per heavy atom. The van der Waals surface area contributed by atoms with Gasteiger partial charge in [-0.1, -0.05) is 0 Å². The monoisotopic (exact) mass is 262 g/mol. The van der Waals surface area contributed by atoms with E-state index < -0.39 is 31.0 Å². The lowest BCUT2D eigenvalue weighted by Crippen LogP contribution is -2.46. The zero-order valence-corrected chi connectivity index (χ0v) is 9.62. The fraction of sp³-hybridized carbons (Fsp3) is 0.600. The average Bonchev–Trinajstić information content (AvgIpc) is 2.46. The van der Waals surface area contributed by atoms with E-state index in [1.165, 1.54) is 0 Å². The Morgan fingerprint density at radius 3 is 2.22 bits per heavy atom. The quantitative estimate of drug-likeness (QED) is 0.286.